The monoisotopic (exact) mass is 410 g/mol. The quantitative estimate of drug-likeness (QED) is 0.773. The molecule has 1 aliphatic rings. The molecule has 0 atom stereocenters. The summed E-state index contributed by atoms with van der Waals surface area (Å²) in [6.45, 7) is 0.671. The Morgan fingerprint density at radius 1 is 1.04 bits per heavy atom. The van der Waals surface area contributed by atoms with Gasteiger partial charge in [0.1, 0.15) is 11.5 Å². The lowest BCUT2D eigenvalue weighted by Gasteiger charge is -2.14. The number of anilines is 1. The van der Waals surface area contributed by atoms with Gasteiger partial charge in [-0.2, -0.15) is 0 Å². The number of nitrogens with one attached hydrogen (secondary N) is 1. The van der Waals surface area contributed by atoms with Crippen molar-refractivity contribution in [2.24, 2.45) is 0 Å². The van der Waals surface area contributed by atoms with Crippen molar-refractivity contribution in [2.75, 3.05) is 24.3 Å². The summed E-state index contributed by atoms with van der Waals surface area (Å²) in [5.41, 5.74) is 1.22. The third-order valence-electron chi connectivity index (χ3n) is 3.99. The van der Waals surface area contributed by atoms with E-state index in [1.165, 1.54) is 29.2 Å². The zero-order chi connectivity index (χ0) is 19.7. The number of hydrogen-bond acceptors (Lipinski definition) is 6. The minimum Gasteiger partial charge on any atom is -0.447 e. The van der Waals surface area contributed by atoms with Crippen LogP contribution in [0.15, 0.2) is 58.3 Å². The number of carbonyl (C=O) groups excluding carboxylic acids is 1. The normalized spacial score (nSPS) is 15.0. The topological polar surface area (TPSA) is 110 Å². The molecule has 1 N–H and O–H groups in total. The summed E-state index contributed by atoms with van der Waals surface area (Å²) in [5, 5.41) is 0. The number of ether oxygens (including phenoxy) is 1. The lowest BCUT2D eigenvalue weighted by atomic mass is 10.2. The number of amides is 1. The van der Waals surface area contributed by atoms with Crippen molar-refractivity contribution < 1.29 is 26.4 Å². The summed E-state index contributed by atoms with van der Waals surface area (Å²) in [6.07, 6.45) is 0.509. The van der Waals surface area contributed by atoms with E-state index in [2.05, 4.69) is 4.72 Å². The first-order valence-corrected chi connectivity index (χ1v) is 11.4. The van der Waals surface area contributed by atoms with Crippen LogP contribution >= 0.6 is 0 Å². The number of nitrogens with zero attached hydrogens (tertiary/aromatic N) is 1. The van der Waals surface area contributed by atoms with Gasteiger partial charge in [-0.25, -0.2) is 26.4 Å². The van der Waals surface area contributed by atoms with Crippen molar-refractivity contribution in [3.05, 3.63) is 54.1 Å². The van der Waals surface area contributed by atoms with Gasteiger partial charge in [-0.1, -0.05) is 24.3 Å². The molecule has 3 rings (SSSR count). The van der Waals surface area contributed by atoms with Crippen molar-refractivity contribution in [2.45, 2.75) is 16.3 Å². The molecule has 144 valence electrons. The van der Waals surface area contributed by atoms with E-state index < -0.39 is 26.0 Å². The largest absolute Gasteiger partial charge is 0.447 e. The highest BCUT2D eigenvalue weighted by molar-refractivity contribution is 7.93. The summed E-state index contributed by atoms with van der Waals surface area (Å²) >= 11 is 0. The van der Waals surface area contributed by atoms with E-state index in [4.69, 9.17) is 4.74 Å². The van der Waals surface area contributed by atoms with Gasteiger partial charge in [0.25, 0.3) is 0 Å². The Morgan fingerprint density at radius 2 is 1.74 bits per heavy atom. The second-order valence-electron chi connectivity index (χ2n) is 5.98. The highest BCUT2D eigenvalue weighted by atomic mass is 32.2. The van der Waals surface area contributed by atoms with Crippen LogP contribution in [0, 0.1) is 0 Å². The van der Waals surface area contributed by atoms with Crippen LogP contribution in [0.25, 0.3) is 0 Å². The molecule has 1 saturated heterocycles. The van der Waals surface area contributed by atoms with Gasteiger partial charge < -0.3 is 4.74 Å². The first-order chi connectivity index (χ1) is 12.7. The highest BCUT2D eigenvalue weighted by Gasteiger charge is 2.25. The molecule has 1 heterocycles. The molecular formula is C17H18N2O6S2. The second kappa shape index (κ2) is 7.29. The van der Waals surface area contributed by atoms with Crippen LogP contribution in [-0.2, 0) is 31.1 Å². The number of sulfone groups is 1. The van der Waals surface area contributed by atoms with E-state index in [-0.39, 0.29) is 16.3 Å². The first-order valence-electron chi connectivity index (χ1n) is 8.00. The predicted octanol–water partition coefficient (Wildman–Crippen LogP) is 1.53. The average Bonchev–Trinajstić information content (AvgIpc) is 3.06. The molecule has 0 bridgehead atoms. The number of carbonyl (C=O) groups is 1. The number of benzene rings is 2. The van der Waals surface area contributed by atoms with E-state index in [0.29, 0.717) is 24.4 Å². The van der Waals surface area contributed by atoms with E-state index >= 15 is 0 Å². The molecule has 8 nitrogen and oxygen atoms in total. The summed E-state index contributed by atoms with van der Waals surface area (Å²) in [4.78, 5) is 12.6. The van der Waals surface area contributed by atoms with Gasteiger partial charge >= 0.3 is 6.09 Å². The summed E-state index contributed by atoms with van der Waals surface area (Å²) in [7, 11) is -7.75. The Kier molecular flexibility index (Phi) is 5.22. The van der Waals surface area contributed by atoms with Crippen molar-refractivity contribution >= 4 is 31.6 Å². The van der Waals surface area contributed by atoms with Crippen LogP contribution in [0.3, 0.4) is 0 Å². The van der Waals surface area contributed by atoms with E-state index in [9.17, 15) is 21.6 Å². The minimum atomic E-state index is -4.05. The smallest absolute Gasteiger partial charge is 0.414 e. The predicted molar refractivity (Wildman–Crippen MR) is 98.7 cm³/mol. The van der Waals surface area contributed by atoms with E-state index in [0.717, 1.165) is 6.26 Å². The Hall–Kier alpha value is -2.43. The SMILES string of the molecule is CS(=O)(=O)c1ccccc1S(=O)(=O)NCc1cccc(N2CCOC2=O)c1. The minimum absolute atomic E-state index is 0.0584. The average molecular weight is 410 g/mol. The molecule has 1 fully saturated rings. The van der Waals surface area contributed by atoms with Gasteiger partial charge in [-0.3, -0.25) is 4.90 Å². The van der Waals surface area contributed by atoms with Crippen LogP contribution in [0.4, 0.5) is 10.5 Å². The molecule has 1 aliphatic heterocycles. The van der Waals surface area contributed by atoms with Crippen molar-refractivity contribution in [3.63, 3.8) is 0 Å². The summed E-state index contributed by atoms with van der Waals surface area (Å²) in [6, 6.07) is 12.2. The number of sulfonamides is 1. The Bertz CT molecular complexity index is 1080. The number of cyclic esters (lactones) is 1. The molecule has 0 radical (unpaired) electrons. The Labute approximate surface area is 157 Å². The van der Waals surface area contributed by atoms with Crippen LogP contribution in [0.1, 0.15) is 5.56 Å². The van der Waals surface area contributed by atoms with Crippen LogP contribution < -0.4 is 9.62 Å². The van der Waals surface area contributed by atoms with Crippen molar-refractivity contribution in [1.29, 1.82) is 0 Å². The van der Waals surface area contributed by atoms with Gasteiger partial charge in [0.2, 0.25) is 10.0 Å². The standard InChI is InChI=1S/C17H18N2O6S2/c1-26(21,22)15-7-2-3-8-16(15)27(23,24)18-12-13-5-4-6-14(11-13)19-9-10-25-17(19)20/h2-8,11,18H,9-10,12H2,1H3. The molecule has 0 aliphatic carbocycles. The molecule has 27 heavy (non-hydrogen) atoms. The van der Waals surface area contributed by atoms with Crippen LogP contribution in [0.5, 0.6) is 0 Å². The maximum absolute atomic E-state index is 12.6. The summed E-state index contributed by atoms with van der Waals surface area (Å²) < 4.78 is 56.2. The van der Waals surface area contributed by atoms with Gasteiger partial charge in [0, 0.05) is 18.5 Å². The molecule has 2 aromatic rings. The Balaban J connectivity index is 1.82. The van der Waals surface area contributed by atoms with E-state index in [1.54, 1.807) is 24.3 Å². The number of rotatable bonds is 6. The van der Waals surface area contributed by atoms with Crippen LogP contribution in [-0.4, -0.2) is 42.3 Å². The third kappa shape index (κ3) is 4.29. The molecule has 2 aromatic carbocycles. The van der Waals surface area contributed by atoms with E-state index in [1.807, 2.05) is 0 Å². The van der Waals surface area contributed by atoms with Crippen molar-refractivity contribution in [1.82, 2.24) is 4.72 Å². The molecule has 0 unspecified atom stereocenters. The maximum Gasteiger partial charge on any atom is 0.414 e. The summed E-state index contributed by atoms with van der Waals surface area (Å²) in [5.74, 6) is 0. The lowest BCUT2D eigenvalue weighted by Crippen LogP contribution is -2.26. The highest BCUT2D eigenvalue weighted by Crippen LogP contribution is 2.22. The second-order valence-corrected chi connectivity index (χ2v) is 9.70. The molecule has 1 amide bonds. The molecule has 0 aromatic heterocycles. The van der Waals surface area contributed by atoms with Gasteiger partial charge in [0.05, 0.1) is 11.4 Å². The van der Waals surface area contributed by atoms with Crippen LogP contribution in [0.2, 0.25) is 0 Å². The van der Waals surface area contributed by atoms with Crippen molar-refractivity contribution in [3.8, 4) is 0 Å². The lowest BCUT2D eigenvalue weighted by molar-refractivity contribution is 0.181. The molecular weight excluding hydrogens is 392 g/mol. The third-order valence-corrected chi connectivity index (χ3v) is 6.73. The molecule has 10 heteroatoms. The molecule has 0 spiro atoms. The zero-order valence-corrected chi connectivity index (χ0v) is 16.1. The number of hydrogen-bond donors (Lipinski definition) is 1. The fourth-order valence-corrected chi connectivity index (χ4v) is 5.34. The zero-order valence-electron chi connectivity index (χ0n) is 14.5. The fraction of sp³-hybridized carbons (Fsp3) is 0.235. The van der Waals surface area contributed by atoms with Gasteiger partial charge in [-0.15, -0.1) is 0 Å². The maximum atomic E-state index is 12.6. The molecule has 0 saturated carbocycles. The van der Waals surface area contributed by atoms with Gasteiger partial charge in [0.15, 0.2) is 9.84 Å². The Morgan fingerprint density at radius 3 is 2.37 bits per heavy atom. The van der Waals surface area contributed by atoms with Gasteiger partial charge in [-0.05, 0) is 29.8 Å². The fourth-order valence-electron chi connectivity index (χ4n) is 2.70. The first kappa shape index (κ1) is 19.3.